The van der Waals surface area contributed by atoms with E-state index >= 15 is 0 Å². The van der Waals surface area contributed by atoms with E-state index in [1.165, 1.54) is 7.11 Å². The Hall–Kier alpha value is -2.74. The summed E-state index contributed by atoms with van der Waals surface area (Å²) in [6.45, 7) is 2.66. The molecule has 0 spiro atoms. The monoisotopic (exact) mass is 392 g/mol. The van der Waals surface area contributed by atoms with Crippen LogP contribution in [-0.2, 0) is 10.0 Å². The minimum Gasteiger partial charge on any atom is -0.493 e. The molecule has 7 nitrogen and oxygen atoms in total. The van der Waals surface area contributed by atoms with Gasteiger partial charge in [-0.05, 0) is 42.8 Å². The molecule has 2 aromatic rings. The van der Waals surface area contributed by atoms with E-state index in [1.54, 1.807) is 42.5 Å². The third kappa shape index (κ3) is 6.49. The fourth-order valence-corrected chi connectivity index (χ4v) is 2.89. The third-order valence-electron chi connectivity index (χ3n) is 3.60. The number of carbonyl (C=O) groups excluding carboxylic acids is 1. The maximum Gasteiger partial charge on any atom is 0.255 e. The molecule has 0 bridgehead atoms. The van der Waals surface area contributed by atoms with Crippen molar-refractivity contribution < 1.29 is 22.7 Å². The number of hydrogen-bond donors (Lipinski definition) is 2. The maximum absolute atomic E-state index is 12.5. The normalized spacial score (nSPS) is 10.9. The summed E-state index contributed by atoms with van der Waals surface area (Å²) >= 11 is 0. The first kappa shape index (κ1) is 20.6. The smallest absolute Gasteiger partial charge is 0.255 e. The van der Waals surface area contributed by atoms with Gasteiger partial charge in [-0.25, -0.2) is 8.42 Å². The quantitative estimate of drug-likeness (QED) is 0.637. The van der Waals surface area contributed by atoms with Crippen LogP contribution >= 0.6 is 0 Å². The maximum atomic E-state index is 12.5. The Kier molecular flexibility index (Phi) is 7.06. The van der Waals surface area contributed by atoms with Crippen molar-refractivity contribution >= 4 is 27.3 Å². The van der Waals surface area contributed by atoms with Gasteiger partial charge in [0.25, 0.3) is 5.91 Å². The predicted molar refractivity (Wildman–Crippen MR) is 106 cm³/mol. The summed E-state index contributed by atoms with van der Waals surface area (Å²) in [4.78, 5) is 12.5. The fourth-order valence-electron chi connectivity index (χ4n) is 2.33. The van der Waals surface area contributed by atoms with Crippen LogP contribution in [0.25, 0.3) is 0 Å². The molecule has 2 rings (SSSR count). The van der Waals surface area contributed by atoms with E-state index in [-0.39, 0.29) is 5.91 Å². The molecule has 27 heavy (non-hydrogen) atoms. The van der Waals surface area contributed by atoms with E-state index in [2.05, 4.69) is 17.0 Å². The zero-order chi connectivity index (χ0) is 19.9. The number of methoxy groups -OCH3 is 1. The Labute approximate surface area is 159 Å². The highest BCUT2D eigenvalue weighted by molar-refractivity contribution is 7.92. The summed E-state index contributed by atoms with van der Waals surface area (Å²) in [6, 6.07) is 11.4. The van der Waals surface area contributed by atoms with Crippen molar-refractivity contribution in [3.05, 3.63) is 48.0 Å². The predicted octanol–water partition coefficient (Wildman–Crippen LogP) is 3.50. The van der Waals surface area contributed by atoms with Crippen LogP contribution in [-0.4, -0.2) is 34.3 Å². The average molecular weight is 392 g/mol. The Bertz CT molecular complexity index is 897. The molecule has 0 aliphatic rings. The van der Waals surface area contributed by atoms with Crippen LogP contribution in [0.2, 0.25) is 0 Å². The first-order valence-corrected chi connectivity index (χ1v) is 10.4. The molecule has 0 aliphatic carbocycles. The van der Waals surface area contributed by atoms with Crippen molar-refractivity contribution in [1.29, 1.82) is 0 Å². The number of anilines is 2. The lowest BCUT2D eigenvalue weighted by atomic mass is 10.1. The van der Waals surface area contributed by atoms with Crippen molar-refractivity contribution in [2.45, 2.75) is 19.8 Å². The van der Waals surface area contributed by atoms with E-state index in [1.807, 2.05) is 0 Å². The molecular formula is C19H24N2O5S. The number of nitrogens with one attached hydrogen (secondary N) is 2. The van der Waals surface area contributed by atoms with Crippen molar-refractivity contribution in [3.63, 3.8) is 0 Å². The van der Waals surface area contributed by atoms with Crippen LogP contribution in [0.5, 0.6) is 11.5 Å². The van der Waals surface area contributed by atoms with Gasteiger partial charge in [-0.1, -0.05) is 19.4 Å². The molecule has 0 saturated carbocycles. The summed E-state index contributed by atoms with van der Waals surface area (Å²) in [7, 11) is -1.87. The lowest BCUT2D eigenvalue weighted by molar-refractivity contribution is 0.102. The molecule has 1 amide bonds. The van der Waals surface area contributed by atoms with Gasteiger partial charge in [-0.3, -0.25) is 9.52 Å². The molecular weight excluding hydrogens is 368 g/mol. The Balaban J connectivity index is 2.12. The van der Waals surface area contributed by atoms with E-state index < -0.39 is 10.0 Å². The largest absolute Gasteiger partial charge is 0.493 e. The van der Waals surface area contributed by atoms with Crippen LogP contribution in [0.3, 0.4) is 0 Å². The van der Waals surface area contributed by atoms with E-state index in [4.69, 9.17) is 9.47 Å². The molecule has 0 atom stereocenters. The van der Waals surface area contributed by atoms with E-state index in [9.17, 15) is 13.2 Å². The summed E-state index contributed by atoms with van der Waals surface area (Å²) in [6.07, 6.45) is 3.02. The van der Waals surface area contributed by atoms with Gasteiger partial charge in [-0.2, -0.15) is 0 Å². The van der Waals surface area contributed by atoms with E-state index in [0.29, 0.717) is 35.0 Å². The van der Waals surface area contributed by atoms with Crippen LogP contribution in [0.15, 0.2) is 42.5 Å². The topological polar surface area (TPSA) is 93.7 Å². The number of carbonyl (C=O) groups is 1. The molecule has 8 heteroatoms. The SMILES string of the molecule is CCCCOc1ccc(C(=O)Nc2cccc(NS(C)(=O)=O)c2)cc1OC. The lowest BCUT2D eigenvalue weighted by Crippen LogP contribution is -2.13. The number of amides is 1. The number of rotatable bonds is 9. The Morgan fingerprint density at radius 2 is 1.81 bits per heavy atom. The average Bonchev–Trinajstić information content (AvgIpc) is 2.61. The van der Waals surface area contributed by atoms with Crippen LogP contribution in [0.4, 0.5) is 11.4 Å². The van der Waals surface area contributed by atoms with Gasteiger partial charge in [0.05, 0.1) is 25.7 Å². The summed E-state index contributed by atoms with van der Waals surface area (Å²) in [5.74, 6) is 0.720. The summed E-state index contributed by atoms with van der Waals surface area (Å²) in [5, 5.41) is 2.74. The third-order valence-corrected chi connectivity index (χ3v) is 4.21. The van der Waals surface area contributed by atoms with Gasteiger partial charge >= 0.3 is 0 Å². The number of hydrogen-bond acceptors (Lipinski definition) is 5. The van der Waals surface area contributed by atoms with Gasteiger partial charge < -0.3 is 14.8 Å². The standard InChI is InChI=1S/C19H24N2O5S/c1-4-5-11-26-17-10-9-14(12-18(17)25-2)19(22)20-15-7-6-8-16(13-15)21-27(3,23)24/h6-10,12-13,21H,4-5,11H2,1-3H3,(H,20,22). The Morgan fingerprint density at radius 3 is 2.48 bits per heavy atom. The number of benzene rings is 2. The zero-order valence-corrected chi connectivity index (χ0v) is 16.4. The molecule has 0 aromatic heterocycles. The minimum absolute atomic E-state index is 0.343. The van der Waals surface area contributed by atoms with E-state index in [0.717, 1.165) is 19.1 Å². The zero-order valence-electron chi connectivity index (χ0n) is 15.6. The molecule has 2 aromatic carbocycles. The highest BCUT2D eigenvalue weighted by Gasteiger charge is 2.12. The van der Waals surface area contributed by atoms with Crippen molar-refractivity contribution in [2.75, 3.05) is 30.0 Å². The lowest BCUT2D eigenvalue weighted by Gasteiger charge is -2.12. The molecule has 0 saturated heterocycles. The second kappa shape index (κ2) is 9.27. The van der Waals surface area contributed by atoms with Gasteiger partial charge in [0.1, 0.15) is 0 Å². The summed E-state index contributed by atoms with van der Waals surface area (Å²) in [5.41, 5.74) is 1.24. The highest BCUT2D eigenvalue weighted by atomic mass is 32.2. The van der Waals surface area contributed by atoms with Gasteiger partial charge in [0, 0.05) is 11.3 Å². The van der Waals surface area contributed by atoms with Crippen LogP contribution in [0, 0.1) is 0 Å². The summed E-state index contributed by atoms with van der Waals surface area (Å²) < 4.78 is 36.0. The van der Waals surface area contributed by atoms with Gasteiger partial charge in [0.15, 0.2) is 11.5 Å². The van der Waals surface area contributed by atoms with Crippen molar-refractivity contribution in [2.24, 2.45) is 0 Å². The first-order valence-electron chi connectivity index (χ1n) is 8.52. The van der Waals surface area contributed by atoms with Gasteiger partial charge in [-0.15, -0.1) is 0 Å². The molecule has 0 aliphatic heterocycles. The van der Waals surface area contributed by atoms with Crippen molar-refractivity contribution in [3.8, 4) is 11.5 Å². The molecule has 146 valence electrons. The highest BCUT2D eigenvalue weighted by Crippen LogP contribution is 2.28. The fraction of sp³-hybridized carbons (Fsp3) is 0.316. The number of unbranched alkanes of at least 4 members (excludes halogenated alkanes) is 1. The first-order chi connectivity index (χ1) is 12.8. The second-order valence-corrected chi connectivity index (χ2v) is 7.73. The number of ether oxygens (including phenoxy) is 2. The van der Waals surface area contributed by atoms with Gasteiger partial charge in [0.2, 0.25) is 10.0 Å². The molecule has 2 N–H and O–H groups in total. The van der Waals surface area contributed by atoms with Crippen molar-refractivity contribution in [1.82, 2.24) is 0 Å². The Morgan fingerprint density at radius 1 is 1.07 bits per heavy atom. The molecule has 0 unspecified atom stereocenters. The molecule has 0 fully saturated rings. The second-order valence-electron chi connectivity index (χ2n) is 5.98. The molecule has 0 radical (unpaired) electrons. The number of sulfonamides is 1. The van der Waals surface area contributed by atoms with Crippen LogP contribution < -0.4 is 19.5 Å². The van der Waals surface area contributed by atoms with Crippen LogP contribution in [0.1, 0.15) is 30.1 Å². The minimum atomic E-state index is -3.39. The molecule has 0 heterocycles.